The first-order chi connectivity index (χ1) is 9.01. The summed E-state index contributed by atoms with van der Waals surface area (Å²) in [7, 11) is 0. The summed E-state index contributed by atoms with van der Waals surface area (Å²) in [5.41, 5.74) is 10.3. The number of anilines is 1. The van der Waals surface area contributed by atoms with Crippen molar-refractivity contribution in [3.8, 4) is 0 Å². The quantitative estimate of drug-likeness (QED) is 0.899. The van der Waals surface area contributed by atoms with Gasteiger partial charge in [-0.05, 0) is 43.2 Å². The van der Waals surface area contributed by atoms with Crippen LogP contribution in [0.5, 0.6) is 0 Å². The monoisotopic (exact) mass is 260 g/mol. The van der Waals surface area contributed by atoms with Gasteiger partial charge in [-0.25, -0.2) is 0 Å². The number of hydrogen-bond donors (Lipinski definition) is 1. The van der Waals surface area contributed by atoms with Gasteiger partial charge in [0.15, 0.2) is 0 Å². The maximum absolute atomic E-state index is 6.16. The average molecular weight is 260 g/mol. The summed E-state index contributed by atoms with van der Waals surface area (Å²) in [5, 5.41) is 0. The minimum atomic E-state index is 0.276. The van der Waals surface area contributed by atoms with E-state index in [1.165, 1.54) is 29.9 Å². The van der Waals surface area contributed by atoms with Gasteiger partial charge in [0.1, 0.15) is 0 Å². The molecule has 2 N–H and O–H groups in total. The topological polar surface area (TPSA) is 29.3 Å². The molecule has 3 atom stereocenters. The van der Waals surface area contributed by atoms with Crippen LogP contribution >= 0.6 is 0 Å². The molecule has 0 aromatic heterocycles. The normalized spacial score (nSPS) is 24.8. The zero-order valence-electron chi connectivity index (χ0n) is 12.8. The van der Waals surface area contributed by atoms with Crippen molar-refractivity contribution < 1.29 is 0 Å². The number of nitrogens with zero attached hydrogens (tertiary/aromatic N) is 1. The molecule has 0 bridgehead atoms. The fraction of sp³-hybridized carbons (Fsp3) is 0.647. The summed E-state index contributed by atoms with van der Waals surface area (Å²) in [6.07, 6.45) is 2.03. The lowest BCUT2D eigenvalue weighted by Crippen LogP contribution is -2.25. The summed E-state index contributed by atoms with van der Waals surface area (Å²) in [5.74, 6) is 1.57. The standard InChI is InChI=1S/C17H28N2/c1-5-16(18)9-15-8-12(2)6-7-17(15)19-10-13(3)14(4)11-19/h6-8,13-14,16H,5,9-11,18H2,1-4H3. The summed E-state index contributed by atoms with van der Waals surface area (Å²) >= 11 is 0. The maximum atomic E-state index is 6.16. The van der Waals surface area contributed by atoms with E-state index in [0.717, 1.165) is 24.7 Å². The molecule has 1 saturated heterocycles. The first kappa shape index (κ1) is 14.4. The van der Waals surface area contributed by atoms with Gasteiger partial charge in [-0.2, -0.15) is 0 Å². The first-order valence-electron chi connectivity index (χ1n) is 7.61. The third kappa shape index (κ3) is 3.30. The SMILES string of the molecule is CCC(N)Cc1cc(C)ccc1N1CC(C)C(C)C1. The molecular formula is C17H28N2. The van der Waals surface area contributed by atoms with Gasteiger partial charge in [0, 0.05) is 24.8 Å². The Labute approximate surface area is 118 Å². The van der Waals surface area contributed by atoms with Crippen molar-refractivity contribution in [1.82, 2.24) is 0 Å². The molecule has 1 aliphatic heterocycles. The Morgan fingerprint density at radius 3 is 2.47 bits per heavy atom. The van der Waals surface area contributed by atoms with Crippen LogP contribution < -0.4 is 10.6 Å². The highest BCUT2D eigenvalue weighted by Gasteiger charge is 2.27. The molecule has 1 aromatic rings. The number of nitrogens with two attached hydrogens (primary N) is 1. The molecule has 19 heavy (non-hydrogen) atoms. The molecule has 2 heteroatoms. The van der Waals surface area contributed by atoms with Crippen LogP contribution in [0.3, 0.4) is 0 Å². The molecule has 106 valence electrons. The van der Waals surface area contributed by atoms with E-state index in [2.05, 4.69) is 50.8 Å². The van der Waals surface area contributed by atoms with E-state index >= 15 is 0 Å². The Kier molecular flexibility index (Phi) is 4.51. The van der Waals surface area contributed by atoms with Crippen molar-refractivity contribution in [1.29, 1.82) is 0 Å². The van der Waals surface area contributed by atoms with Crippen molar-refractivity contribution in [2.75, 3.05) is 18.0 Å². The number of benzene rings is 1. The lowest BCUT2D eigenvalue weighted by molar-refractivity contribution is 0.494. The van der Waals surface area contributed by atoms with Crippen LogP contribution in [0.2, 0.25) is 0 Å². The Morgan fingerprint density at radius 1 is 1.26 bits per heavy atom. The highest BCUT2D eigenvalue weighted by atomic mass is 15.2. The molecule has 3 unspecified atom stereocenters. The fourth-order valence-electron chi connectivity index (χ4n) is 2.94. The van der Waals surface area contributed by atoms with Gasteiger partial charge in [-0.3, -0.25) is 0 Å². The zero-order valence-corrected chi connectivity index (χ0v) is 12.8. The van der Waals surface area contributed by atoms with Gasteiger partial charge < -0.3 is 10.6 Å². The second kappa shape index (κ2) is 5.96. The van der Waals surface area contributed by atoms with Crippen LogP contribution in [0.1, 0.15) is 38.3 Å². The van der Waals surface area contributed by atoms with E-state index in [1.54, 1.807) is 0 Å². The average Bonchev–Trinajstić information content (AvgIpc) is 2.69. The molecule has 0 spiro atoms. The van der Waals surface area contributed by atoms with E-state index in [0.29, 0.717) is 0 Å². The Morgan fingerprint density at radius 2 is 1.89 bits per heavy atom. The van der Waals surface area contributed by atoms with E-state index in [9.17, 15) is 0 Å². The van der Waals surface area contributed by atoms with E-state index in [4.69, 9.17) is 5.73 Å². The molecule has 2 rings (SSSR count). The summed E-state index contributed by atoms with van der Waals surface area (Å²) in [4.78, 5) is 2.55. The van der Waals surface area contributed by atoms with Crippen molar-refractivity contribution in [2.24, 2.45) is 17.6 Å². The van der Waals surface area contributed by atoms with Crippen LogP contribution in [-0.2, 0) is 6.42 Å². The molecule has 2 nitrogen and oxygen atoms in total. The molecule has 1 heterocycles. The third-order valence-electron chi connectivity index (χ3n) is 4.57. The molecule has 0 radical (unpaired) electrons. The fourth-order valence-corrected chi connectivity index (χ4v) is 2.94. The minimum Gasteiger partial charge on any atom is -0.371 e. The molecular weight excluding hydrogens is 232 g/mol. The second-order valence-corrected chi connectivity index (χ2v) is 6.36. The second-order valence-electron chi connectivity index (χ2n) is 6.36. The summed E-state index contributed by atoms with van der Waals surface area (Å²) in [6.45, 7) is 11.4. The lowest BCUT2D eigenvalue weighted by atomic mass is 10.00. The van der Waals surface area contributed by atoms with Gasteiger partial charge >= 0.3 is 0 Å². The molecule has 1 fully saturated rings. The summed E-state index contributed by atoms with van der Waals surface area (Å²) < 4.78 is 0. The molecule has 0 aliphatic carbocycles. The Bertz CT molecular complexity index is 417. The van der Waals surface area contributed by atoms with Crippen LogP contribution in [-0.4, -0.2) is 19.1 Å². The third-order valence-corrected chi connectivity index (χ3v) is 4.57. The van der Waals surface area contributed by atoms with Crippen LogP contribution in [0.25, 0.3) is 0 Å². The molecule has 0 amide bonds. The van der Waals surface area contributed by atoms with Gasteiger partial charge in [-0.15, -0.1) is 0 Å². The van der Waals surface area contributed by atoms with E-state index in [-0.39, 0.29) is 6.04 Å². The Hall–Kier alpha value is -1.02. The first-order valence-corrected chi connectivity index (χ1v) is 7.61. The van der Waals surface area contributed by atoms with E-state index < -0.39 is 0 Å². The summed E-state index contributed by atoms with van der Waals surface area (Å²) in [6, 6.07) is 7.11. The van der Waals surface area contributed by atoms with Crippen molar-refractivity contribution in [3.05, 3.63) is 29.3 Å². The van der Waals surface area contributed by atoms with Crippen molar-refractivity contribution in [2.45, 2.75) is 46.6 Å². The highest BCUT2D eigenvalue weighted by Crippen LogP contribution is 2.31. The number of rotatable bonds is 4. The minimum absolute atomic E-state index is 0.276. The molecule has 1 aromatic carbocycles. The van der Waals surface area contributed by atoms with E-state index in [1.807, 2.05) is 0 Å². The Balaban J connectivity index is 2.24. The van der Waals surface area contributed by atoms with Gasteiger partial charge in [0.25, 0.3) is 0 Å². The van der Waals surface area contributed by atoms with Crippen molar-refractivity contribution in [3.63, 3.8) is 0 Å². The number of hydrogen-bond acceptors (Lipinski definition) is 2. The maximum Gasteiger partial charge on any atom is 0.0399 e. The zero-order chi connectivity index (χ0) is 14.0. The number of aryl methyl sites for hydroxylation is 1. The van der Waals surface area contributed by atoms with Crippen LogP contribution in [0.4, 0.5) is 5.69 Å². The van der Waals surface area contributed by atoms with Gasteiger partial charge in [-0.1, -0.05) is 38.5 Å². The van der Waals surface area contributed by atoms with Gasteiger partial charge in [0.05, 0.1) is 0 Å². The largest absolute Gasteiger partial charge is 0.371 e. The smallest absolute Gasteiger partial charge is 0.0399 e. The van der Waals surface area contributed by atoms with Crippen molar-refractivity contribution >= 4 is 5.69 Å². The lowest BCUT2D eigenvalue weighted by Gasteiger charge is -2.24. The predicted octanol–water partition coefficient (Wildman–Crippen LogP) is 3.37. The van der Waals surface area contributed by atoms with Crippen LogP contribution in [0, 0.1) is 18.8 Å². The molecule has 1 aliphatic rings. The van der Waals surface area contributed by atoms with Crippen LogP contribution in [0.15, 0.2) is 18.2 Å². The van der Waals surface area contributed by atoms with Gasteiger partial charge in [0.2, 0.25) is 0 Å². The molecule has 0 saturated carbocycles. The predicted molar refractivity (Wildman–Crippen MR) is 83.7 cm³/mol. The highest BCUT2D eigenvalue weighted by molar-refractivity contribution is 5.56.